The van der Waals surface area contributed by atoms with E-state index in [1.165, 1.54) is 6.42 Å². The Bertz CT molecular complexity index is 732. The highest BCUT2D eigenvalue weighted by Crippen LogP contribution is 2.20. The van der Waals surface area contributed by atoms with Gasteiger partial charge >= 0.3 is 6.03 Å². The molecule has 4 amide bonds. The second kappa shape index (κ2) is 8.20. The predicted octanol–water partition coefficient (Wildman–Crippen LogP) is 1.28. The van der Waals surface area contributed by atoms with Crippen molar-refractivity contribution in [3.05, 3.63) is 35.9 Å². The van der Waals surface area contributed by atoms with Crippen molar-refractivity contribution in [2.45, 2.75) is 56.7 Å². The number of hydrogen-bond acceptors (Lipinski definition) is 3. The van der Waals surface area contributed by atoms with Gasteiger partial charge in [-0.05, 0) is 18.4 Å². The Kier molecular flexibility index (Phi) is 5.50. The summed E-state index contributed by atoms with van der Waals surface area (Å²) < 4.78 is 0. The van der Waals surface area contributed by atoms with Crippen LogP contribution in [0.4, 0.5) is 4.79 Å². The normalized spacial score (nSPS) is 25.9. The molecular formula is C21H28N4O3. The zero-order valence-electron chi connectivity index (χ0n) is 16.1. The summed E-state index contributed by atoms with van der Waals surface area (Å²) in [5.74, 6) is -0.225. The lowest BCUT2D eigenvalue weighted by Crippen LogP contribution is -2.70. The highest BCUT2D eigenvalue weighted by Gasteiger charge is 2.44. The number of piperazine rings is 2. The molecule has 0 bridgehead atoms. The number of nitrogens with one attached hydrogen (secondary N) is 2. The first kappa shape index (κ1) is 18.8. The topological polar surface area (TPSA) is 81.8 Å². The first-order valence-corrected chi connectivity index (χ1v) is 10.3. The molecule has 7 heteroatoms. The number of amides is 4. The van der Waals surface area contributed by atoms with Gasteiger partial charge in [0.15, 0.2) is 0 Å². The van der Waals surface area contributed by atoms with Gasteiger partial charge in [-0.3, -0.25) is 9.59 Å². The smallest absolute Gasteiger partial charge is 0.317 e. The molecule has 2 saturated heterocycles. The summed E-state index contributed by atoms with van der Waals surface area (Å²) in [6.45, 7) is 1.13. The van der Waals surface area contributed by atoms with Gasteiger partial charge in [0.05, 0.1) is 6.54 Å². The van der Waals surface area contributed by atoms with E-state index in [4.69, 9.17) is 0 Å². The van der Waals surface area contributed by atoms with Gasteiger partial charge in [-0.25, -0.2) is 4.79 Å². The molecule has 4 rings (SSSR count). The van der Waals surface area contributed by atoms with Crippen molar-refractivity contribution in [3.8, 4) is 0 Å². The third-order valence-electron chi connectivity index (χ3n) is 6.08. The second-order valence-electron chi connectivity index (χ2n) is 8.03. The van der Waals surface area contributed by atoms with Gasteiger partial charge in [0.1, 0.15) is 12.1 Å². The number of fused-ring (bicyclic) bond motifs is 1. The van der Waals surface area contributed by atoms with Gasteiger partial charge in [0, 0.05) is 25.6 Å². The number of carbonyl (C=O) groups excluding carboxylic acids is 3. The van der Waals surface area contributed by atoms with Crippen molar-refractivity contribution in [1.29, 1.82) is 0 Å². The van der Waals surface area contributed by atoms with E-state index in [9.17, 15) is 14.4 Å². The summed E-state index contributed by atoms with van der Waals surface area (Å²) in [6, 6.07) is 8.69. The lowest BCUT2D eigenvalue weighted by molar-refractivity contribution is -0.152. The van der Waals surface area contributed by atoms with Crippen LogP contribution in [0, 0.1) is 0 Å². The van der Waals surface area contributed by atoms with Crippen molar-refractivity contribution in [3.63, 3.8) is 0 Å². The molecule has 2 N–H and O–H groups in total. The van der Waals surface area contributed by atoms with E-state index in [2.05, 4.69) is 10.6 Å². The molecule has 1 aromatic carbocycles. The summed E-state index contributed by atoms with van der Waals surface area (Å²) in [5.41, 5.74) is 1.02. The lowest BCUT2D eigenvalue weighted by Gasteiger charge is -2.45. The van der Waals surface area contributed by atoms with Crippen LogP contribution in [-0.4, -0.2) is 65.4 Å². The van der Waals surface area contributed by atoms with E-state index < -0.39 is 12.1 Å². The van der Waals surface area contributed by atoms with E-state index in [-0.39, 0.29) is 30.4 Å². The molecule has 0 unspecified atom stereocenters. The van der Waals surface area contributed by atoms with Crippen LogP contribution in [0.2, 0.25) is 0 Å². The second-order valence-corrected chi connectivity index (χ2v) is 8.03. The Hall–Kier alpha value is -2.57. The fourth-order valence-corrected chi connectivity index (χ4v) is 4.49. The lowest BCUT2D eigenvalue weighted by atomic mass is 9.95. The molecule has 7 nitrogen and oxygen atoms in total. The summed E-state index contributed by atoms with van der Waals surface area (Å²) in [6.07, 6.45) is 6.08. The number of carbonyl (C=O) groups is 3. The molecule has 28 heavy (non-hydrogen) atoms. The van der Waals surface area contributed by atoms with Crippen LogP contribution >= 0.6 is 0 Å². The first-order valence-electron chi connectivity index (χ1n) is 10.3. The summed E-state index contributed by atoms with van der Waals surface area (Å²) in [5, 5.41) is 5.97. The Morgan fingerprint density at radius 3 is 2.57 bits per heavy atom. The zero-order valence-corrected chi connectivity index (χ0v) is 16.1. The van der Waals surface area contributed by atoms with Crippen LogP contribution < -0.4 is 10.6 Å². The SMILES string of the molecule is O=C1N[C@@H](Cc2ccccc2)C(=O)N2CCN(C(=O)NC3CCCCC3)C[C@H]12. The molecule has 1 saturated carbocycles. The van der Waals surface area contributed by atoms with Crippen LogP contribution in [0.15, 0.2) is 30.3 Å². The molecule has 3 aliphatic rings. The van der Waals surface area contributed by atoms with Gasteiger partial charge in [0.25, 0.3) is 0 Å². The van der Waals surface area contributed by atoms with Crippen LogP contribution in [0.5, 0.6) is 0 Å². The zero-order chi connectivity index (χ0) is 19.5. The van der Waals surface area contributed by atoms with Crippen LogP contribution in [0.25, 0.3) is 0 Å². The molecule has 2 atom stereocenters. The van der Waals surface area contributed by atoms with Gasteiger partial charge in [0.2, 0.25) is 11.8 Å². The monoisotopic (exact) mass is 384 g/mol. The number of benzene rings is 1. The number of hydrogen-bond donors (Lipinski definition) is 2. The maximum Gasteiger partial charge on any atom is 0.317 e. The fourth-order valence-electron chi connectivity index (χ4n) is 4.49. The van der Waals surface area contributed by atoms with Crippen LogP contribution in [-0.2, 0) is 16.0 Å². The highest BCUT2D eigenvalue weighted by atomic mass is 16.2. The fraction of sp³-hybridized carbons (Fsp3) is 0.571. The van der Waals surface area contributed by atoms with E-state index >= 15 is 0 Å². The highest BCUT2D eigenvalue weighted by molar-refractivity contribution is 5.97. The number of urea groups is 1. The van der Waals surface area contributed by atoms with Gasteiger partial charge in [-0.2, -0.15) is 0 Å². The maximum absolute atomic E-state index is 12.9. The molecule has 3 fully saturated rings. The molecule has 0 spiro atoms. The Balaban J connectivity index is 1.37. The minimum absolute atomic E-state index is 0.0548. The number of nitrogens with zero attached hydrogens (tertiary/aromatic N) is 2. The van der Waals surface area contributed by atoms with Crippen molar-refractivity contribution < 1.29 is 14.4 Å². The quantitative estimate of drug-likeness (QED) is 0.824. The number of rotatable bonds is 3. The van der Waals surface area contributed by atoms with E-state index in [1.807, 2.05) is 30.3 Å². The standard InChI is InChI=1S/C21H28N4O3/c26-19-18-14-24(21(28)22-16-9-5-2-6-10-16)11-12-25(18)20(27)17(23-19)13-15-7-3-1-4-8-15/h1,3-4,7-8,16-18H,2,5-6,9-14H2,(H,22,28)(H,23,26)/t17-,18+/m0/s1. The Morgan fingerprint density at radius 2 is 1.82 bits per heavy atom. The molecule has 2 heterocycles. The molecule has 0 radical (unpaired) electrons. The minimum Gasteiger partial charge on any atom is -0.342 e. The minimum atomic E-state index is -0.592. The van der Waals surface area contributed by atoms with E-state index in [0.717, 1.165) is 31.2 Å². The molecular weight excluding hydrogens is 356 g/mol. The van der Waals surface area contributed by atoms with Crippen molar-refractivity contribution >= 4 is 17.8 Å². The maximum atomic E-state index is 12.9. The first-order chi connectivity index (χ1) is 13.6. The van der Waals surface area contributed by atoms with Crippen LogP contribution in [0.1, 0.15) is 37.7 Å². The molecule has 0 aromatic heterocycles. The van der Waals surface area contributed by atoms with E-state index in [0.29, 0.717) is 19.5 Å². The summed E-state index contributed by atoms with van der Waals surface area (Å²) in [4.78, 5) is 41.5. The third-order valence-corrected chi connectivity index (χ3v) is 6.08. The van der Waals surface area contributed by atoms with Gasteiger partial charge in [-0.15, -0.1) is 0 Å². The van der Waals surface area contributed by atoms with Crippen molar-refractivity contribution in [2.75, 3.05) is 19.6 Å². The molecule has 150 valence electrons. The van der Waals surface area contributed by atoms with Crippen molar-refractivity contribution in [1.82, 2.24) is 20.4 Å². The van der Waals surface area contributed by atoms with Crippen molar-refractivity contribution in [2.24, 2.45) is 0 Å². The molecule has 1 aromatic rings. The Morgan fingerprint density at radius 1 is 1.07 bits per heavy atom. The molecule has 1 aliphatic carbocycles. The van der Waals surface area contributed by atoms with Gasteiger partial charge in [-0.1, -0.05) is 49.6 Å². The average molecular weight is 384 g/mol. The Labute approximate surface area is 165 Å². The third kappa shape index (κ3) is 3.98. The molecule has 2 aliphatic heterocycles. The largest absolute Gasteiger partial charge is 0.342 e. The predicted molar refractivity (Wildman–Crippen MR) is 105 cm³/mol. The van der Waals surface area contributed by atoms with Crippen LogP contribution in [0.3, 0.4) is 0 Å². The van der Waals surface area contributed by atoms with Gasteiger partial charge < -0.3 is 20.4 Å². The average Bonchev–Trinajstić information content (AvgIpc) is 2.73. The summed E-state index contributed by atoms with van der Waals surface area (Å²) in [7, 11) is 0. The van der Waals surface area contributed by atoms with E-state index in [1.54, 1.807) is 9.80 Å². The summed E-state index contributed by atoms with van der Waals surface area (Å²) >= 11 is 0.